The number of nitrogens with one attached hydrogen (secondary N) is 1. The minimum atomic E-state index is 0.0111. The van der Waals surface area contributed by atoms with Crippen LogP contribution < -0.4 is 5.32 Å². The Kier molecular flexibility index (Phi) is 4.27. The third kappa shape index (κ3) is 4.00. The highest BCUT2D eigenvalue weighted by Crippen LogP contribution is 2.10. The lowest BCUT2D eigenvalue weighted by Crippen LogP contribution is -2.37. The number of hydrogen-bond donors (Lipinski definition) is 1. The van der Waals surface area contributed by atoms with Gasteiger partial charge in [0.25, 0.3) is 0 Å². The first-order chi connectivity index (χ1) is 6.99. The lowest BCUT2D eigenvalue weighted by Gasteiger charge is -2.16. The highest BCUT2D eigenvalue weighted by Gasteiger charge is 2.24. The van der Waals surface area contributed by atoms with Crippen molar-refractivity contribution in [2.24, 2.45) is 5.92 Å². The molecular formula is C11H20N2O2. The standard InChI is InChI=1S/C11H20N2O2/c1-8(2)11(15)7-13-5-4-10(6-13)12-9(3)14/h8,10H,4-7H2,1-3H3,(H,12,14). The molecule has 1 unspecified atom stereocenters. The first-order valence-corrected chi connectivity index (χ1v) is 5.51. The van der Waals surface area contributed by atoms with Crippen molar-refractivity contribution in [1.82, 2.24) is 10.2 Å². The number of carbonyl (C=O) groups excluding carboxylic acids is 2. The van der Waals surface area contributed by atoms with Crippen LogP contribution in [0.1, 0.15) is 27.2 Å². The Morgan fingerprint density at radius 2 is 2.13 bits per heavy atom. The number of rotatable bonds is 4. The molecule has 0 aromatic rings. The molecule has 0 aliphatic carbocycles. The summed E-state index contributed by atoms with van der Waals surface area (Å²) in [7, 11) is 0. The van der Waals surface area contributed by atoms with E-state index >= 15 is 0 Å². The highest BCUT2D eigenvalue weighted by atomic mass is 16.1. The quantitative estimate of drug-likeness (QED) is 0.735. The van der Waals surface area contributed by atoms with Gasteiger partial charge >= 0.3 is 0 Å². The first kappa shape index (κ1) is 12.2. The summed E-state index contributed by atoms with van der Waals surface area (Å²) in [5.74, 6) is 0.389. The molecular weight excluding hydrogens is 192 g/mol. The average Bonchev–Trinajstić information content (AvgIpc) is 2.51. The molecule has 1 aliphatic rings. The fourth-order valence-corrected chi connectivity index (χ4v) is 1.78. The number of ketones is 1. The lowest BCUT2D eigenvalue weighted by molar-refractivity contribution is -0.122. The monoisotopic (exact) mass is 212 g/mol. The summed E-state index contributed by atoms with van der Waals surface area (Å²) in [5, 5.41) is 2.88. The average molecular weight is 212 g/mol. The third-order valence-electron chi connectivity index (χ3n) is 2.70. The lowest BCUT2D eigenvalue weighted by atomic mass is 10.1. The second kappa shape index (κ2) is 5.26. The SMILES string of the molecule is CC(=O)NC1CCN(CC(=O)C(C)C)C1. The zero-order valence-electron chi connectivity index (χ0n) is 9.75. The van der Waals surface area contributed by atoms with E-state index in [-0.39, 0.29) is 23.7 Å². The second-order valence-corrected chi connectivity index (χ2v) is 4.54. The molecule has 0 bridgehead atoms. The molecule has 0 aromatic heterocycles. The van der Waals surface area contributed by atoms with E-state index in [0.29, 0.717) is 6.54 Å². The molecule has 4 heteroatoms. The summed E-state index contributed by atoms with van der Waals surface area (Å²) in [6, 6.07) is 0.225. The molecule has 0 aromatic carbocycles. The molecule has 1 rings (SSSR count). The minimum Gasteiger partial charge on any atom is -0.352 e. The van der Waals surface area contributed by atoms with Gasteiger partial charge in [0.05, 0.1) is 6.54 Å². The number of nitrogens with zero attached hydrogens (tertiary/aromatic N) is 1. The molecule has 1 heterocycles. The summed E-state index contributed by atoms with van der Waals surface area (Å²) in [6.07, 6.45) is 0.949. The van der Waals surface area contributed by atoms with Crippen molar-refractivity contribution in [3.05, 3.63) is 0 Å². The molecule has 1 N–H and O–H groups in total. The Balaban J connectivity index is 2.30. The maximum Gasteiger partial charge on any atom is 0.217 e. The normalized spacial score (nSPS) is 22.0. The van der Waals surface area contributed by atoms with Crippen molar-refractivity contribution in [1.29, 1.82) is 0 Å². The topological polar surface area (TPSA) is 49.4 Å². The Hall–Kier alpha value is -0.900. The van der Waals surface area contributed by atoms with E-state index in [1.807, 2.05) is 13.8 Å². The van der Waals surface area contributed by atoms with Crippen molar-refractivity contribution in [3.8, 4) is 0 Å². The Labute approximate surface area is 91.0 Å². The number of hydrogen-bond acceptors (Lipinski definition) is 3. The van der Waals surface area contributed by atoms with Gasteiger partial charge in [0.15, 0.2) is 0 Å². The van der Waals surface area contributed by atoms with Gasteiger partial charge in [0.1, 0.15) is 5.78 Å². The summed E-state index contributed by atoms with van der Waals surface area (Å²) < 4.78 is 0. The van der Waals surface area contributed by atoms with Gasteiger partial charge in [-0.15, -0.1) is 0 Å². The van der Waals surface area contributed by atoms with Crippen molar-refractivity contribution in [3.63, 3.8) is 0 Å². The van der Waals surface area contributed by atoms with Crippen LogP contribution in [0.15, 0.2) is 0 Å². The van der Waals surface area contributed by atoms with Crippen LogP contribution in [-0.2, 0) is 9.59 Å². The maximum atomic E-state index is 11.5. The Morgan fingerprint density at radius 1 is 1.47 bits per heavy atom. The number of likely N-dealkylation sites (tertiary alicyclic amines) is 1. The van der Waals surface area contributed by atoms with Crippen molar-refractivity contribution < 1.29 is 9.59 Å². The van der Waals surface area contributed by atoms with Crippen molar-refractivity contribution in [2.45, 2.75) is 33.2 Å². The van der Waals surface area contributed by atoms with E-state index in [1.165, 1.54) is 6.92 Å². The largest absolute Gasteiger partial charge is 0.352 e. The smallest absolute Gasteiger partial charge is 0.217 e. The van der Waals surface area contributed by atoms with Crippen LogP contribution in [0.2, 0.25) is 0 Å². The molecule has 0 radical (unpaired) electrons. The number of amides is 1. The van der Waals surface area contributed by atoms with E-state index in [0.717, 1.165) is 19.5 Å². The van der Waals surface area contributed by atoms with E-state index in [4.69, 9.17) is 0 Å². The predicted molar refractivity (Wildman–Crippen MR) is 58.5 cm³/mol. The molecule has 1 atom stereocenters. The van der Waals surface area contributed by atoms with Gasteiger partial charge in [-0.1, -0.05) is 13.8 Å². The second-order valence-electron chi connectivity index (χ2n) is 4.54. The van der Waals surface area contributed by atoms with Gasteiger partial charge in [-0.25, -0.2) is 0 Å². The van der Waals surface area contributed by atoms with Crippen LogP contribution in [0.25, 0.3) is 0 Å². The number of carbonyl (C=O) groups is 2. The van der Waals surface area contributed by atoms with Crippen molar-refractivity contribution in [2.75, 3.05) is 19.6 Å². The third-order valence-corrected chi connectivity index (χ3v) is 2.70. The van der Waals surface area contributed by atoms with Gasteiger partial charge in [0.2, 0.25) is 5.91 Å². The van der Waals surface area contributed by atoms with Gasteiger partial charge in [0, 0.05) is 32.0 Å². The van der Waals surface area contributed by atoms with E-state index in [1.54, 1.807) is 0 Å². The predicted octanol–water partition coefficient (Wildman–Crippen LogP) is 0.422. The fraction of sp³-hybridized carbons (Fsp3) is 0.818. The highest BCUT2D eigenvalue weighted by molar-refractivity contribution is 5.82. The molecule has 1 fully saturated rings. The molecule has 86 valence electrons. The Bertz CT molecular complexity index is 251. The number of Topliss-reactive ketones (excluding diaryl/α,β-unsaturated/α-hetero) is 1. The van der Waals surface area contributed by atoms with Crippen molar-refractivity contribution >= 4 is 11.7 Å². The molecule has 4 nitrogen and oxygen atoms in total. The van der Waals surface area contributed by atoms with Crippen LogP contribution >= 0.6 is 0 Å². The Morgan fingerprint density at radius 3 is 2.67 bits per heavy atom. The van der Waals surface area contributed by atoms with Gasteiger partial charge in [-0.05, 0) is 6.42 Å². The van der Waals surface area contributed by atoms with Crippen LogP contribution in [-0.4, -0.2) is 42.3 Å². The summed E-state index contributed by atoms with van der Waals surface area (Å²) in [4.78, 5) is 24.5. The van der Waals surface area contributed by atoms with Crippen LogP contribution in [0.3, 0.4) is 0 Å². The zero-order chi connectivity index (χ0) is 11.4. The van der Waals surface area contributed by atoms with Crippen LogP contribution in [0.5, 0.6) is 0 Å². The molecule has 0 spiro atoms. The molecule has 1 saturated heterocycles. The minimum absolute atomic E-state index is 0.0111. The molecule has 0 saturated carbocycles. The molecule has 1 amide bonds. The first-order valence-electron chi connectivity index (χ1n) is 5.51. The summed E-state index contributed by atoms with van der Waals surface area (Å²) >= 11 is 0. The van der Waals surface area contributed by atoms with Gasteiger partial charge < -0.3 is 5.32 Å². The fourth-order valence-electron chi connectivity index (χ4n) is 1.78. The molecule has 15 heavy (non-hydrogen) atoms. The maximum absolute atomic E-state index is 11.5. The van der Waals surface area contributed by atoms with E-state index in [9.17, 15) is 9.59 Å². The van der Waals surface area contributed by atoms with Gasteiger partial charge in [-0.3, -0.25) is 14.5 Å². The summed E-state index contributed by atoms with van der Waals surface area (Å²) in [6.45, 7) is 7.60. The van der Waals surface area contributed by atoms with Gasteiger partial charge in [-0.2, -0.15) is 0 Å². The van der Waals surface area contributed by atoms with E-state index < -0.39 is 0 Å². The zero-order valence-corrected chi connectivity index (χ0v) is 9.75. The molecule has 1 aliphatic heterocycles. The summed E-state index contributed by atoms with van der Waals surface area (Å²) in [5.41, 5.74) is 0. The van der Waals surface area contributed by atoms with E-state index in [2.05, 4.69) is 10.2 Å². The van der Waals surface area contributed by atoms with Crippen LogP contribution in [0, 0.1) is 5.92 Å². The van der Waals surface area contributed by atoms with Crippen LogP contribution in [0.4, 0.5) is 0 Å².